The molecule has 2 aromatic carbocycles. The maximum atomic E-state index is 13.5. The fraction of sp³-hybridized carbons (Fsp3) is 0.269. The van der Waals surface area contributed by atoms with Gasteiger partial charge in [0.05, 0.1) is 16.4 Å². The van der Waals surface area contributed by atoms with Crippen LogP contribution in [-0.2, 0) is 17.8 Å². The van der Waals surface area contributed by atoms with Gasteiger partial charge < -0.3 is 5.32 Å². The van der Waals surface area contributed by atoms with Crippen molar-refractivity contribution in [2.75, 3.05) is 5.32 Å². The average Bonchev–Trinajstić information content (AvgIpc) is 3.14. The van der Waals surface area contributed by atoms with Gasteiger partial charge in [-0.25, -0.2) is 9.07 Å². The maximum absolute atomic E-state index is 13.5. The van der Waals surface area contributed by atoms with E-state index in [0.717, 1.165) is 33.5 Å². The molecule has 6 nitrogen and oxygen atoms in total. The van der Waals surface area contributed by atoms with E-state index in [-0.39, 0.29) is 29.3 Å². The Morgan fingerprint density at radius 2 is 1.82 bits per heavy atom. The zero-order valence-electron chi connectivity index (χ0n) is 19.6. The Morgan fingerprint density at radius 3 is 2.47 bits per heavy atom. The Labute approximate surface area is 202 Å². The zero-order valence-corrected chi connectivity index (χ0v) is 20.3. The number of nitrogens with zero attached hydrogens (tertiary/aromatic N) is 3. The second-order valence-electron chi connectivity index (χ2n) is 8.36. The monoisotopic (exact) mass is 480 g/mol. The van der Waals surface area contributed by atoms with Crippen molar-refractivity contribution in [3.05, 3.63) is 86.0 Å². The lowest BCUT2D eigenvalue weighted by molar-refractivity contribution is -0.116. The Kier molecular flexibility index (Phi) is 6.57. The fourth-order valence-electron chi connectivity index (χ4n) is 4.26. The highest BCUT2D eigenvalue weighted by Gasteiger charge is 2.21. The Hall–Kier alpha value is -3.45. The van der Waals surface area contributed by atoms with Crippen LogP contribution in [0.2, 0.25) is 5.02 Å². The Morgan fingerprint density at radius 1 is 1.12 bits per heavy atom. The van der Waals surface area contributed by atoms with Crippen LogP contribution in [0.15, 0.2) is 47.3 Å². The predicted molar refractivity (Wildman–Crippen MR) is 134 cm³/mol. The zero-order chi connectivity index (χ0) is 24.6. The van der Waals surface area contributed by atoms with E-state index < -0.39 is 5.82 Å². The number of pyridine rings is 1. The van der Waals surface area contributed by atoms with Crippen molar-refractivity contribution < 1.29 is 9.18 Å². The summed E-state index contributed by atoms with van der Waals surface area (Å²) in [5.41, 5.74) is 5.30. The highest BCUT2D eigenvalue weighted by molar-refractivity contribution is 6.31. The first kappa shape index (κ1) is 23.7. The summed E-state index contributed by atoms with van der Waals surface area (Å²) in [6.07, 6.45) is 0.377. The van der Waals surface area contributed by atoms with Gasteiger partial charge in [-0.3, -0.25) is 14.2 Å². The third kappa shape index (κ3) is 4.35. The molecule has 4 aromatic rings. The fourth-order valence-corrected chi connectivity index (χ4v) is 4.44. The summed E-state index contributed by atoms with van der Waals surface area (Å²) in [5, 5.41) is 8.31. The molecule has 176 valence electrons. The van der Waals surface area contributed by atoms with Crippen LogP contribution in [0.3, 0.4) is 0 Å². The van der Waals surface area contributed by atoms with Gasteiger partial charge in [0.2, 0.25) is 5.91 Å². The van der Waals surface area contributed by atoms with Gasteiger partial charge in [-0.1, -0.05) is 29.3 Å². The quantitative estimate of drug-likeness (QED) is 0.396. The van der Waals surface area contributed by atoms with Crippen LogP contribution in [0.25, 0.3) is 16.7 Å². The number of rotatable bonds is 6. The number of benzene rings is 2. The van der Waals surface area contributed by atoms with Crippen molar-refractivity contribution in [3.8, 4) is 5.69 Å². The van der Waals surface area contributed by atoms with E-state index in [1.165, 1.54) is 18.2 Å². The normalized spacial score (nSPS) is 11.2. The summed E-state index contributed by atoms with van der Waals surface area (Å²) in [6.45, 7) is 8.26. The van der Waals surface area contributed by atoms with Gasteiger partial charge in [0.15, 0.2) is 0 Å². The molecule has 2 heterocycles. The number of hydrogen-bond acceptors (Lipinski definition) is 3. The van der Waals surface area contributed by atoms with E-state index in [9.17, 15) is 14.0 Å². The number of carbonyl (C=O) groups is 1. The summed E-state index contributed by atoms with van der Waals surface area (Å²) in [6, 6.07) is 12.0. The summed E-state index contributed by atoms with van der Waals surface area (Å²) in [4.78, 5) is 26.0. The molecule has 0 saturated heterocycles. The van der Waals surface area contributed by atoms with E-state index in [4.69, 9.17) is 16.7 Å². The summed E-state index contributed by atoms with van der Waals surface area (Å²) in [7, 11) is 0. The van der Waals surface area contributed by atoms with Gasteiger partial charge in [0.1, 0.15) is 11.5 Å². The van der Waals surface area contributed by atoms with Gasteiger partial charge in [0.25, 0.3) is 5.56 Å². The van der Waals surface area contributed by atoms with E-state index in [1.54, 1.807) is 4.57 Å². The van der Waals surface area contributed by atoms with E-state index in [2.05, 4.69) is 5.32 Å². The highest BCUT2D eigenvalue weighted by atomic mass is 35.5. The minimum atomic E-state index is -0.551. The number of aromatic nitrogens is 3. The molecule has 0 aliphatic carbocycles. The molecule has 0 saturated carbocycles. The molecule has 1 N–H and O–H groups in total. The summed E-state index contributed by atoms with van der Waals surface area (Å²) < 4.78 is 16.9. The molecule has 0 aliphatic heterocycles. The van der Waals surface area contributed by atoms with Crippen LogP contribution in [0.1, 0.15) is 35.7 Å². The number of hydrogen-bond donors (Lipinski definition) is 1. The Bertz CT molecular complexity index is 1450. The molecular weight excluding hydrogens is 455 g/mol. The molecule has 34 heavy (non-hydrogen) atoms. The topological polar surface area (TPSA) is 68.9 Å². The number of nitrogens with one attached hydrogen (secondary N) is 1. The van der Waals surface area contributed by atoms with Gasteiger partial charge in [-0.05, 0) is 70.0 Å². The minimum absolute atomic E-state index is 0.0639. The average molecular weight is 481 g/mol. The molecule has 2 aromatic heterocycles. The molecule has 8 heteroatoms. The first-order valence-corrected chi connectivity index (χ1v) is 11.5. The molecule has 0 unspecified atom stereocenters. The first-order chi connectivity index (χ1) is 16.2. The summed E-state index contributed by atoms with van der Waals surface area (Å²) >= 11 is 5.79. The SMILES string of the molecule is CCn1c(=O)c(CCC(=O)Nc2ccc(F)c(Cl)c2)c(C)c2c(C)nn(-c3ccc(C)cc3)c21. The van der Waals surface area contributed by atoms with E-state index in [1.807, 2.05) is 56.6 Å². The molecule has 0 radical (unpaired) electrons. The second kappa shape index (κ2) is 9.43. The standard InChI is InChI=1S/C26H26ClFN4O2/c1-5-31-25-24(17(4)30-32(25)19-9-6-15(2)7-10-19)16(3)20(26(31)34)11-13-23(33)29-18-8-12-22(28)21(27)14-18/h6-10,12,14H,5,11,13H2,1-4H3,(H,29,33). The number of amides is 1. The molecule has 0 aliphatic rings. The van der Waals surface area contributed by atoms with Crippen molar-refractivity contribution in [2.24, 2.45) is 0 Å². The number of halogens is 2. The van der Waals surface area contributed by atoms with Crippen LogP contribution in [0.4, 0.5) is 10.1 Å². The Balaban J connectivity index is 1.69. The molecular formula is C26H26ClFN4O2. The van der Waals surface area contributed by atoms with Crippen LogP contribution >= 0.6 is 11.6 Å². The first-order valence-electron chi connectivity index (χ1n) is 11.1. The van der Waals surface area contributed by atoms with Gasteiger partial charge in [0, 0.05) is 29.6 Å². The number of carbonyl (C=O) groups excluding carboxylic acids is 1. The molecule has 0 atom stereocenters. The van der Waals surface area contributed by atoms with Crippen LogP contribution < -0.4 is 10.9 Å². The molecule has 0 spiro atoms. The molecule has 0 bridgehead atoms. The van der Waals surface area contributed by atoms with Crippen molar-refractivity contribution >= 4 is 34.2 Å². The van der Waals surface area contributed by atoms with E-state index >= 15 is 0 Å². The molecule has 4 rings (SSSR count). The van der Waals surface area contributed by atoms with Crippen LogP contribution in [0.5, 0.6) is 0 Å². The molecule has 1 amide bonds. The van der Waals surface area contributed by atoms with Crippen molar-refractivity contribution in [3.63, 3.8) is 0 Å². The second-order valence-corrected chi connectivity index (χ2v) is 8.77. The predicted octanol–water partition coefficient (Wildman–Crippen LogP) is 5.50. The number of fused-ring (bicyclic) bond motifs is 1. The van der Waals surface area contributed by atoms with Crippen LogP contribution in [-0.4, -0.2) is 20.3 Å². The minimum Gasteiger partial charge on any atom is -0.326 e. The van der Waals surface area contributed by atoms with Gasteiger partial charge in [-0.2, -0.15) is 5.10 Å². The van der Waals surface area contributed by atoms with Gasteiger partial charge in [-0.15, -0.1) is 0 Å². The maximum Gasteiger partial charge on any atom is 0.255 e. The third-order valence-electron chi connectivity index (χ3n) is 6.02. The van der Waals surface area contributed by atoms with Crippen molar-refractivity contribution in [2.45, 2.75) is 47.1 Å². The highest BCUT2D eigenvalue weighted by Crippen LogP contribution is 2.27. The summed E-state index contributed by atoms with van der Waals surface area (Å²) in [5.74, 6) is -0.832. The number of anilines is 1. The largest absolute Gasteiger partial charge is 0.326 e. The number of aryl methyl sites for hydroxylation is 4. The lowest BCUT2D eigenvalue weighted by Gasteiger charge is -2.14. The molecule has 0 fully saturated rings. The van der Waals surface area contributed by atoms with Crippen molar-refractivity contribution in [1.29, 1.82) is 0 Å². The van der Waals surface area contributed by atoms with Crippen LogP contribution in [0, 0.1) is 26.6 Å². The smallest absolute Gasteiger partial charge is 0.255 e. The van der Waals surface area contributed by atoms with E-state index in [0.29, 0.717) is 17.8 Å². The van der Waals surface area contributed by atoms with Crippen molar-refractivity contribution in [1.82, 2.24) is 14.3 Å². The van der Waals surface area contributed by atoms with Gasteiger partial charge >= 0.3 is 0 Å². The third-order valence-corrected chi connectivity index (χ3v) is 6.31. The lowest BCUT2D eigenvalue weighted by atomic mass is 10.0. The lowest BCUT2D eigenvalue weighted by Crippen LogP contribution is -2.27.